The van der Waals surface area contributed by atoms with Crippen LogP contribution >= 0.6 is 0 Å². The highest BCUT2D eigenvalue weighted by molar-refractivity contribution is 6.07. The van der Waals surface area contributed by atoms with E-state index in [1.165, 1.54) is 0 Å². The lowest BCUT2D eigenvalue weighted by atomic mass is 10.2. The number of pyridine rings is 1. The van der Waals surface area contributed by atoms with Crippen molar-refractivity contribution >= 4 is 16.9 Å². The summed E-state index contributed by atoms with van der Waals surface area (Å²) in [5.41, 5.74) is 8.46. The minimum Gasteiger partial charge on any atom is -0.386 e. The van der Waals surface area contributed by atoms with Gasteiger partial charge in [-0.1, -0.05) is 6.58 Å². The molecule has 2 rings (SSSR count). The zero-order valence-corrected chi connectivity index (χ0v) is 10.9. The van der Waals surface area contributed by atoms with E-state index in [4.69, 9.17) is 5.73 Å². The Kier molecular flexibility index (Phi) is 3.97. The average molecular weight is 255 g/mol. The number of amidine groups is 1. The SMILES string of the molecule is C=C(/C=C\N=C(/N)c1ccnc2[nH]ccc12)NCC. The van der Waals surface area contributed by atoms with E-state index in [0.717, 1.165) is 28.8 Å². The molecule has 0 saturated heterocycles. The maximum atomic E-state index is 5.99. The molecule has 0 aliphatic rings. The summed E-state index contributed by atoms with van der Waals surface area (Å²) >= 11 is 0. The number of nitrogens with zero attached hydrogens (tertiary/aromatic N) is 2. The van der Waals surface area contributed by atoms with Gasteiger partial charge in [-0.25, -0.2) is 9.98 Å². The fraction of sp³-hybridized carbons (Fsp3) is 0.143. The molecule has 5 heteroatoms. The number of nitrogens with one attached hydrogen (secondary N) is 2. The van der Waals surface area contributed by atoms with E-state index >= 15 is 0 Å². The monoisotopic (exact) mass is 255 g/mol. The normalized spacial score (nSPS) is 12.2. The van der Waals surface area contributed by atoms with Gasteiger partial charge in [0.1, 0.15) is 11.5 Å². The highest BCUT2D eigenvalue weighted by atomic mass is 14.9. The number of allylic oxidation sites excluding steroid dienone is 1. The highest BCUT2D eigenvalue weighted by Gasteiger charge is 2.05. The summed E-state index contributed by atoms with van der Waals surface area (Å²) in [6, 6.07) is 3.78. The summed E-state index contributed by atoms with van der Waals surface area (Å²) in [6.07, 6.45) is 6.96. The summed E-state index contributed by atoms with van der Waals surface area (Å²) in [6.45, 7) is 6.67. The highest BCUT2D eigenvalue weighted by Crippen LogP contribution is 2.14. The van der Waals surface area contributed by atoms with E-state index in [1.54, 1.807) is 18.5 Å². The van der Waals surface area contributed by atoms with Crippen LogP contribution in [0.3, 0.4) is 0 Å². The third kappa shape index (κ3) is 3.01. The number of hydrogen-bond donors (Lipinski definition) is 3. The minimum absolute atomic E-state index is 0.451. The second-order valence-electron chi connectivity index (χ2n) is 3.98. The number of aliphatic imine (C=N–C) groups is 1. The summed E-state index contributed by atoms with van der Waals surface area (Å²) in [5, 5.41) is 4.04. The first-order chi connectivity index (χ1) is 9.22. The molecule has 0 saturated carbocycles. The van der Waals surface area contributed by atoms with E-state index in [-0.39, 0.29) is 0 Å². The minimum atomic E-state index is 0.451. The van der Waals surface area contributed by atoms with E-state index in [1.807, 2.05) is 25.3 Å². The van der Waals surface area contributed by atoms with Gasteiger partial charge in [-0.15, -0.1) is 0 Å². The number of hydrogen-bond acceptors (Lipinski definition) is 3. The van der Waals surface area contributed by atoms with Crippen molar-refractivity contribution in [3.63, 3.8) is 0 Å². The Hall–Kier alpha value is -2.56. The molecule has 0 atom stereocenters. The van der Waals surface area contributed by atoms with E-state index in [9.17, 15) is 0 Å². The van der Waals surface area contributed by atoms with Gasteiger partial charge in [0.25, 0.3) is 0 Å². The Morgan fingerprint density at radius 1 is 1.58 bits per heavy atom. The van der Waals surface area contributed by atoms with Crippen LogP contribution in [-0.2, 0) is 0 Å². The lowest BCUT2D eigenvalue weighted by Crippen LogP contribution is -2.13. The Morgan fingerprint density at radius 2 is 2.42 bits per heavy atom. The molecule has 0 aliphatic heterocycles. The van der Waals surface area contributed by atoms with Crippen molar-refractivity contribution in [2.24, 2.45) is 10.7 Å². The van der Waals surface area contributed by atoms with Gasteiger partial charge in [-0.2, -0.15) is 0 Å². The molecule has 2 aromatic heterocycles. The van der Waals surface area contributed by atoms with E-state index in [0.29, 0.717) is 5.84 Å². The van der Waals surface area contributed by atoms with Crippen molar-refractivity contribution in [2.45, 2.75) is 6.92 Å². The van der Waals surface area contributed by atoms with E-state index in [2.05, 4.69) is 26.9 Å². The molecule has 0 amide bonds. The number of likely N-dealkylation sites (N-methyl/N-ethyl adjacent to an activating group) is 1. The number of aromatic nitrogens is 2. The number of fused-ring (bicyclic) bond motifs is 1. The number of nitrogens with two attached hydrogens (primary N) is 1. The zero-order valence-electron chi connectivity index (χ0n) is 10.9. The average Bonchev–Trinajstić information content (AvgIpc) is 2.86. The first-order valence-electron chi connectivity index (χ1n) is 6.07. The quantitative estimate of drug-likeness (QED) is 0.434. The van der Waals surface area contributed by atoms with Crippen LogP contribution in [0.4, 0.5) is 0 Å². The molecule has 2 heterocycles. The van der Waals surface area contributed by atoms with Crippen LogP contribution in [0.5, 0.6) is 0 Å². The summed E-state index contributed by atoms with van der Waals surface area (Å²) in [5.74, 6) is 0.451. The van der Waals surface area contributed by atoms with Crippen molar-refractivity contribution in [3.8, 4) is 0 Å². The zero-order chi connectivity index (χ0) is 13.7. The van der Waals surface area contributed by atoms with Gasteiger partial charge in [0.05, 0.1) is 0 Å². The molecule has 0 radical (unpaired) electrons. The summed E-state index contributed by atoms with van der Waals surface area (Å²) in [4.78, 5) is 11.5. The molecule has 5 nitrogen and oxygen atoms in total. The van der Waals surface area contributed by atoms with Crippen LogP contribution in [0.25, 0.3) is 11.0 Å². The smallest absolute Gasteiger partial charge is 0.137 e. The predicted octanol–water partition coefficient (Wildman–Crippen LogP) is 1.91. The van der Waals surface area contributed by atoms with Gasteiger partial charge in [-0.05, 0) is 25.1 Å². The van der Waals surface area contributed by atoms with Crippen molar-refractivity contribution < 1.29 is 0 Å². The van der Waals surface area contributed by atoms with Crippen LogP contribution in [0.2, 0.25) is 0 Å². The third-order valence-electron chi connectivity index (χ3n) is 2.63. The van der Waals surface area contributed by atoms with Crippen LogP contribution < -0.4 is 11.1 Å². The molecule has 0 aromatic carbocycles. The van der Waals surface area contributed by atoms with Crippen molar-refractivity contribution in [1.29, 1.82) is 0 Å². The maximum absolute atomic E-state index is 5.99. The molecule has 0 spiro atoms. The molecule has 0 aliphatic carbocycles. The lowest BCUT2D eigenvalue weighted by molar-refractivity contribution is 0.882. The molecule has 4 N–H and O–H groups in total. The van der Waals surface area contributed by atoms with Crippen molar-refractivity contribution in [1.82, 2.24) is 15.3 Å². The largest absolute Gasteiger partial charge is 0.386 e. The lowest BCUT2D eigenvalue weighted by Gasteiger charge is -2.01. The molecule has 0 bridgehead atoms. The Morgan fingerprint density at radius 3 is 3.21 bits per heavy atom. The van der Waals surface area contributed by atoms with E-state index < -0.39 is 0 Å². The maximum Gasteiger partial charge on any atom is 0.137 e. The van der Waals surface area contributed by atoms with Crippen molar-refractivity contribution in [2.75, 3.05) is 6.54 Å². The standard InChI is InChI=1S/C14H17N5/c1-3-16-10(2)4-7-17-13(15)11-5-8-18-14-12(11)6-9-19-14/h4-9,16H,2-3H2,1H3,(H2,15,17)(H,18,19)/b7-4-. The fourth-order valence-electron chi connectivity index (χ4n) is 1.75. The van der Waals surface area contributed by atoms with Gasteiger partial charge in [0, 0.05) is 41.8 Å². The first-order valence-corrected chi connectivity index (χ1v) is 6.07. The topological polar surface area (TPSA) is 79.1 Å². The molecular weight excluding hydrogens is 238 g/mol. The molecule has 19 heavy (non-hydrogen) atoms. The Balaban J connectivity index is 2.21. The van der Waals surface area contributed by atoms with Gasteiger partial charge in [-0.3, -0.25) is 0 Å². The van der Waals surface area contributed by atoms with Gasteiger partial charge < -0.3 is 16.0 Å². The van der Waals surface area contributed by atoms with Gasteiger partial charge in [0.15, 0.2) is 0 Å². The van der Waals surface area contributed by atoms with Crippen LogP contribution in [0, 0.1) is 0 Å². The van der Waals surface area contributed by atoms with Crippen LogP contribution in [0.15, 0.2) is 54.1 Å². The van der Waals surface area contributed by atoms with Crippen LogP contribution in [-0.4, -0.2) is 22.3 Å². The predicted molar refractivity (Wildman–Crippen MR) is 78.8 cm³/mol. The number of aromatic amines is 1. The second-order valence-corrected chi connectivity index (χ2v) is 3.98. The van der Waals surface area contributed by atoms with Gasteiger partial charge >= 0.3 is 0 Å². The van der Waals surface area contributed by atoms with Crippen molar-refractivity contribution in [3.05, 3.63) is 54.6 Å². The van der Waals surface area contributed by atoms with Crippen LogP contribution in [0.1, 0.15) is 12.5 Å². The molecule has 0 fully saturated rings. The molecule has 98 valence electrons. The number of rotatable bonds is 5. The Bertz CT molecular complexity index is 636. The first kappa shape index (κ1) is 12.9. The number of H-pyrrole nitrogens is 1. The second kappa shape index (κ2) is 5.86. The molecule has 0 unspecified atom stereocenters. The molecular formula is C14H17N5. The summed E-state index contributed by atoms with van der Waals surface area (Å²) in [7, 11) is 0. The van der Waals surface area contributed by atoms with Gasteiger partial charge in [0.2, 0.25) is 0 Å². The Labute approximate surface area is 112 Å². The summed E-state index contributed by atoms with van der Waals surface area (Å²) < 4.78 is 0. The fourth-order valence-corrected chi connectivity index (χ4v) is 1.75. The third-order valence-corrected chi connectivity index (χ3v) is 2.63. The molecule has 2 aromatic rings.